The first-order valence-electron chi connectivity index (χ1n) is 6.90. The first-order chi connectivity index (χ1) is 10.3. The molecule has 0 saturated heterocycles. The Kier molecular flexibility index (Phi) is 4.02. The highest BCUT2D eigenvalue weighted by molar-refractivity contribution is 5.30. The topological polar surface area (TPSA) is 55.6 Å². The zero-order valence-corrected chi connectivity index (χ0v) is 11.9. The van der Waals surface area contributed by atoms with Gasteiger partial charge in [-0.1, -0.05) is 18.2 Å². The quantitative estimate of drug-likeness (QED) is 0.778. The maximum atomic E-state index is 4.55. The summed E-state index contributed by atoms with van der Waals surface area (Å²) in [4.78, 5) is 8.45. The molecule has 1 N–H and O–H groups in total. The van der Waals surface area contributed by atoms with E-state index in [0.717, 1.165) is 22.9 Å². The van der Waals surface area contributed by atoms with Crippen LogP contribution in [0, 0.1) is 6.92 Å². The van der Waals surface area contributed by atoms with Crippen LogP contribution in [0.25, 0.3) is 5.69 Å². The van der Waals surface area contributed by atoms with Crippen LogP contribution in [-0.4, -0.2) is 19.7 Å². The van der Waals surface area contributed by atoms with Crippen molar-refractivity contribution in [3.05, 3.63) is 72.1 Å². The van der Waals surface area contributed by atoms with Crippen molar-refractivity contribution in [3.8, 4) is 5.69 Å². The van der Waals surface area contributed by atoms with E-state index < -0.39 is 0 Å². The standard InChI is InChI=1S/C16H17N5/c1-13-18-9-7-14(19-13)11-17-12-15-8-10-21(20-15)16-5-3-2-4-6-16/h2-10,17H,11-12H2,1H3. The third kappa shape index (κ3) is 3.52. The molecule has 2 heterocycles. The Labute approximate surface area is 123 Å². The van der Waals surface area contributed by atoms with Gasteiger partial charge >= 0.3 is 0 Å². The fourth-order valence-electron chi connectivity index (χ4n) is 2.10. The number of aryl methyl sites for hydroxylation is 1. The molecule has 0 radical (unpaired) electrons. The van der Waals surface area contributed by atoms with Gasteiger partial charge in [-0.15, -0.1) is 0 Å². The van der Waals surface area contributed by atoms with Gasteiger partial charge in [0.2, 0.25) is 0 Å². The molecule has 0 aliphatic carbocycles. The van der Waals surface area contributed by atoms with Gasteiger partial charge in [-0.3, -0.25) is 0 Å². The molecule has 5 heteroatoms. The van der Waals surface area contributed by atoms with Crippen molar-refractivity contribution in [1.29, 1.82) is 0 Å². The highest BCUT2D eigenvalue weighted by Crippen LogP contribution is 2.06. The summed E-state index contributed by atoms with van der Waals surface area (Å²) in [5.41, 5.74) is 3.06. The minimum absolute atomic E-state index is 0.710. The molecule has 0 aliphatic rings. The van der Waals surface area contributed by atoms with Gasteiger partial charge in [-0.25, -0.2) is 14.6 Å². The van der Waals surface area contributed by atoms with E-state index in [9.17, 15) is 0 Å². The normalized spacial score (nSPS) is 10.7. The van der Waals surface area contributed by atoms with Crippen molar-refractivity contribution in [2.24, 2.45) is 0 Å². The first kappa shape index (κ1) is 13.5. The predicted octanol–water partition coefficient (Wildman–Crippen LogP) is 2.26. The van der Waals surface area contributed by atoms with Crippen molar-refractivity contribution in [3.63, 3.8) is 0 Å². The van der Waals surface area contributed by atoms with Crippen molar-refractivity contribution in [2.45, 2.75) is 20.0 Å². The molecule has 3 rings (SSSR count). The summed E-state index contributed by atoms with van der Waals surface area (Å²) >= 11 is 0. The minimum atomic E-state index is 0.710. The van der Waals surface area contributed by atoms with E-state index >= 15 is 0 Å². The number of hydrogen-bond donors (Lipinski definition) is 1. The zero-order valence-electron chi connectivity index (χ0n) is 11.9. The third-order valence-corrected chi connectivity index (χ3v) is 3.11. The number of benzene rings is 1. The van der Waals surface area contributed by atoms with Gasteiger partial charge in [0, 0.05) is 25.5 Å². The van der Waals surface area contributed by atoms with Crippen LogP contribution in [0.4, 0.5) is 0 Å². The Morgan fingerprint density at radius 1 is 1.00 bits per heavy atom. The lowest BCUT2D eigenvalue weighted by molar-refractivity contribution is 0.655. The van der Waals surface area contributed by atoms with Gasteiger partial charge in [-0.2, -0.15) is 5.10 Å². The Morgan fingerprint density at radius 3 is 2.62 bits per heavy atom. The van der Waals surface area contributed by atoms with E-state index in [0.29, 0.717) is 13.1 Å². The first-order valence-corrected chi connectivity index (χ1v) is 6.90. The fourth-order valence-corrected chi connectivity index (χ4v) is 2.10. The lowest BCUT2D eigenvalue weighted by Gasteiger charge is -2.03. The summed E-state index contributed by atoms with van der Waals surface area (Å²) in [6.45, 7) is 3.31. The van der Waals surface area contributed by atoms with Gasteiger partial charge in [0.25, 0.3) is 0 Å². The minimum Gasteiger partial charge on any atom is -0.305 e. The molecule has 0 unspecified atom stereocenters. The number of nitrogens with zero attached hydrogens (tertiary/aromatic N) is 4. The number of aromatic nitrogens is 4. The van der Waals surface area contributed by atoms with Crippen molar-refractivity contribution in [2.75, 3.05) is 0 Å². The molecule has 3 aromatic rings. The van der Waals surface area contributed by atoms with E-state index in [4.69, 9.17) is 0 Å². The Hall–Kier alpha value is -2.53. The molecular formula is C16H17N5. The number of rotatable bonds is 5. The third-order valence-electron chi connectivity index (χ3n) is 3.11. The molecule has 0 saturated carbocycles. The van der Waals surface area contributed by atoms with Gasteiger partial charge < -0.3 is 5.32 Å². The molecule has 0 atom stereocenters. The number of para-hydroxylation sites is 1. The van der Waals surface area contributed by atoms with E-state index in [1.807, 2.05) is 60.3 Å². The lowest BCUT2D eigenvalue weighted by atomic mass is 10.3. The Balaban J connectivity index is 1.58. The molecule has 106 valence electrons. The van der Waals surface area contributed by atoms with E-state index in [1.165, 1.54) is 0 Å². The van der Waals surface area contributed by atoms with Gasteiger partial charge in [0.05, 0.1) is 17.1 Å². The highest BCUT2D eigenvalue weighted by atomic mass is 15.3. The predicted molar refractivity (Wildman–Crippen MR) is 80.9 cm³/mol. The second-order valence-corrected chi connectivity index (χ2v) is 4.79. The molecule has 1 aromatic carbocycles. The summed E-state index contributed by atoms with van der Waals surface area (Å²) in [5, 5.41) is 7.89. The van der Waals surface area contributed by atoms with Crippen LogP contribution in [-0.2, 0) is 13.1 Å². The molecule has 0 aliphatic heterocycles. The van der Waals surface area contributed by atoms with Crippen molar-refractivity contribution < 1.29 is 0 Å². The second kappa shape index (κ2) is 6.28. The molecule has 0 spiro atoms. The molecule has 21 heavy (non-hydrogen) atoms. The summed E-state index contributed by atoms with van der Waals surface area (Å²) in [5.74, 6) is 0.794. The molecule has 2 aromatic heterocycles. The lowest BCUT2D eigenvalue weighted by Crippen LogP contribution is -2.14. The summed E-state index contributed by atoms with van der Waals surface area (Å²) in [7, 11) is 0. The molecule has 0 bridgehead atoms. The van der Waals surface area contributed by atoms with Gasteiger partial charge in [0.15, 0.2) is 0 Å². The number of hydrogen-bond acceptors (Lipinski definition) is 4. The molecular weight excluding hydrogens is 262 g/mol. The summed E-state index contributed by atoms with van der Waals surface area (Å²) < 4.78 is 1.88. The van der Waals surface area contributed by atoms with Gasteiger partial charge in [0.1, 0.15) is 5.82 Å². The Morgan fingerprint density at radius 2 is 1.81 bits per heavy atom. The van der Waals surface area contributed by atoms with Gasteiger partial charge in [-0.05, 0) is 31.2 Å². The van der Waals surface area contributed by atoms with E-state index in [2.05, 4.69) is 20.4 Å². The largest absolute Gasteiger partial charge is 0.305 e. The van der Waals surface area contributed by atoms with Crippen molar-refractivity contribution >= 4 is 0 Å². The highest BCUT2D eigenvalue weighted by Gasteiger charge is 2.01. The average Bonchev–Trinajstić information content (AvgIpc) is 2.97. The van der Waals surface area contributed by atoms with Crippen molar-refractivity contribution in [1.82, 2.24) is 25.1 Å². The summed E-state index contributed by atoms with van der Waals surface area (Å²) in [6, 6.07) is 14.0. The maximum absolute atomic E-state index is 4.55. The second-order valence-electron chi connectivity index (χ2n) is 4.79. The van der Waals surface area contributed by atoms with E-state index in [-0.39, 0.29) is 0 Å². The fraction of sp³-hybridized carbons (Fsp3) is 0.188. The Bertz CT molecular complexity index is 705. The molecule has 0 fully saturated rings. The SMILES string of the molecule is Cc1nccc(CNCc2ccn(-c3ccccc3)n2)n1. The van der Waals surface area contributed by atoms with Crippen LogP contribution in [0.1, 0.15) is 17.2 Å². The van der Waals surface area contributed by atoms with Crippen LogP contribution in [0.2, 0.25) is 0 Å². The van der Waals surface area contributed by atoms with Crippen LogP contribution < -0.4 is 5.32 Å². The average molecular weight is 279 g/mol. The maximum Gasteiger partial charge on any atom is 0.125 e. The monoisotopic (exact) mass is 279 g/mol. The molecule has 0 amide bonds. The van der Waals surface area contributed by atoms with Crippen LogP contribution >= 0.6 is 0 Å². The molecule has 5 nitrogen and oxygen atoms in total. The summed E-state index contributed by atoms with van der Waals surface area (Å²) in [6.07, 6.45) is 3.75. The van der Waals surface area contributed by atoms with Crippen LogP contribution in [0.15, 0.2) is 54.9 Å². The number of nitrogens with one attached hydrogen (secondary N) is 1. The van der Waals surface area contributed by atoms with Crippen LogP contribution in [0.3, 0.4) is 0 Å². The smallest absolute Gasteiger partial charge is 0.125 e. The zero-order chi connectivity index (χ0) is 14.5. The van der Waals surface area contributed by atoms with Crippen LogP contribution in [0.5, 0.6) is 0 Å². The van der Waals surface area contributed by atoms with E-state index in [1.54, 1.807) is 6.20 Å².